The van der Waals surface area contributed by atoms with Crippen LogP contribution in [0.5, 0.6) is 0 Å². The largest absolute Gasteiger partial charge is 0.469 e. The van der Waals surface area contributed by atoms with Crippen molar-refractivity contribution >= 4 is 138 Å². The molecule has 5 aliphatic rings. The number of hydrogen-bond acceptors (Lipinski definition) is 28. The summed E-state index contributed by atoms with van der Waals surface area (Å²) in [7, 11) is 1.20. The van der Waals surface area contributed by atoms with Gasteiger partial charge >= 0.3 is 23.9 Å². The summed E-state index contributed by atoms with van der Waals surface area (Å²) in [6, 6.07) is 72.3. The molecule has 4 fully saturated rings. The van der Waals surface area contributed by atoms with E-state index < -0.39 is 52.7 Å². The Bertz CT molecular complexity index is 5910. The molecule has 28 nitrogen and oxygen atoms in total. The summed E-state index contributed by atoms with van der Waals surface area (Å²) in [6.45, 7) is 31.4. The monoisotopic (exact) mass is 1930 g/mol. The van der Waals surface area contributed by atoms with E-state index in [4.69, 9.17) is 45.1 Å². The minimum atomic E-state index is -0.698. The lowest BCUT2D eigenvalue weighted by molar-refractivity contribution is -0.143. The first kappa shape index (κ1) is 107. The summed E-state index contributed by atoms with van der Waals surface area (Å²) in [4.78, 5) is 159. The highest BCUT2D eigenvalue weighted by Gasteiger charge is 2.40. The molecule has 1 aliphatic carbocycles. The molecule has 0 bridgehead atoms. The Morgan fingerprint density at radius 2 is 0.759 bits per heavy atom. The Morgan fingerprint density at radius 3 is 1.10 bits per heavy atom. The molecular weight excluding hydrogens is 1810 g/mol. The molecule has 9 aromatic carbocycles. The van der Waals surface area contributed by atoms with E-state index in [2.05, 4.69) is 95.2 Å². The number of aryl methyl sites for hydroxylation is 1. The fraction of sp³-hybridized carbons (Fsp3) is 0.366. The number of ketones is 6. The number of halogens is 1. The Balaban J connectivity index is 0.000000189. The Morgan fingerprint density at radius 1 is 0.418 bits per heavy atom. The Kier molecular flexibility index (Phi) is 39.1. The predicted octanol–water partition coefficient (Wildman–Crippen LogP) is 19.4. The van der Waals surface area contributed by atoms with Gasteiger partial charge < -0.3 is 58.4 Å². The van der Waals surface area contributed by atoms with Gasteiger partial charge in [0.05, 0.1) is 76.2 Å². The number of benzene rings is 9. The molecule has 4 saturated heterocycles. The standard InChI is InChI=1S/C38H46N4O5.C37H45ClN4O5.C37H37N3O7/c1-5-28-6-12-32(13-7-28)42(34-16-10-31(11-17-34)37(45)38(3,4)41-22-24-46-25-23-41)33-14-8-30(9-15-33)36(44)35(40-47-27(2)43)26-29-18-20-39-21-19-29;1-5-40(6-2)23-21-33(39-47-34(43)20-22-38)35(44)28-12-16-31(17-13-28)42(30-10-8-7-9-11-30)32-18-14-29(15-19-32)36(45)37(3,4)41-24-26-46-27-25-41;1-37(2,39-21-23-46-24-22-39)35(43)27-15-19-31(20-16-27)40(29-11-5-4-6-12-29)30-17-13-26(14-18-30)34(42)32(25-33(41)45-3)38-47-36(44)28-9-7-8-10-28/h6-17,29,39H,5,18-26H2,1-4H3;7-19H,5-6,20-27H2,1-4H3;4-9,11-20H,10,21-25H2,1-3H3/b40-35+;39-33+;38-32+. The minimum absolute atomic E-state index is 0.00730. The first-order chi connectivity index (χ1) is 68.0. The van der Waals surface area contributed by atoms with Gasteiger partial charge in [-0.1, -0.05) is 103 Å². The van der Waals surface area contributed by atoms with Crippen LogP contribution < -0.4 is 20.0 Å². The molecule has 14 rings (SSSR count). The van der Waals surface area contributed by atoms with Crippen LogP contribution in [0, 0.1) is 5.92 Å². The molecule has 0 spiro atoms. The number of Topliss-reactive ketones (excluding diaryl/α,β-unsaturated/α-hetero) is 6. The molecule has 740 valence electrons. The second-order valence-electron chi connectivity index (χ2n) is 36.2. The minimum Gasteiger partial charge on any atom is -0.469 e. The smallest absolute Gasteiger partial charge is 0.362 e. The van der Waals surface area contributed by atoms with Crippen LogP contribution in [-0.2, 0) is 59.1 Å². The zero-order chi connectivity index (χ0) is 101. The van der Waals surface area contributed by atoms with Crippen LogP contribution in [-0.4, -0.2) is 237 Å². The third-order valence-corrected chi connectivity index (χ3v) is 26.2. The fourth-order valence-electron chi connectivity index (χ4n) is 17.3. The summed E-state index contributed by atoms with van der Waals surface area (Å²) in [6.07, 6.45) is 8.66. The highest BCUT2D eigenvalue weighted by atomic mass is 35.5. The Hall–Kier alpha value is -13.3. The summed E-state index contributed by atoms with van der Waals surface area (Å²) in [5, 5.41) is 15.0. The lowest BCUT2D eigenvalue weighted by Gasteiger charge is -2.39. The summed E-state index contributed by atoms with van der Waals surface area (Å²) in [5.41, 5.74) is 10.6. The number of nitrogens with one attached hydrogen (secondary N) is 1. The van der Waals surface area contributed by atoms with Gasteiger partial charge in [0.1, 0.15) is 17.1 Å². The molecule has 0 unspecified atom stereocenters. The number of allylic oxidation sites excluding steroid dienone is 3. The third-order valence-electron chi connectivity index (χ3n) is 26.0. The number of hydrogen-bond donors (Lipinski definition) is 1. The van der Waals surface area contributed by atoms with Gasteiger partial charge in [-0.3, -0.25) is 48.3 Å². The van der Waals surface area contributed by atoms with Crippen molar-refractivity contribution in [3.63, 3.8) is 0 Å². The number of rotatable bonds is 40. The first-order valence-electron chi connectivity index (χ1n) is 48.2. The number of alkyl halides is 1. The van der Waals surface area contributed by atoms with E-state index in [0.717, 1.165) is 123 Å². The quantitative estimate of drug-likeness (QED) is 0.00931. The molecule has 29 heteroatoms. The SMILES string of the molecule is CCN(CC)CC/C(=N\OC(=O)CCCl)C(=O)c1ccc(N(c2ccccc2)c2ccc(C(=O)C(C)(C)N3CCOCC3)cc2)cc1.CCc1ccc(N(c2ccc(C(=O)/C(CC3CCNCC3)=N/OC(C)=O)cc2)c2ccc(C(=O)C(C)(C)N3CCOCC3)cc2)cc1.COC(=O)C/C(=N\OC(=O)C1=CC=CC1)C(=O)c1ccc(N(c2ccccc2)c2ccc(C(=O)C(C)(C)N3CCOCC3)cc2)cc1. The number of nitrogens with zero attached hydrogens (tertiary/aromatic N) is 10. The van der Waals surface area contributed by atoms with Gasteiger partial charge in [0.15, 0.2) is 17.3 Å². The lowest BCUT2D eigenvalue weighted by Crippen LogP contribution is -2.54. The van der Waals surface area contributed by atoms with E-state index in [9.17, 15) is 47.9 Å². The third kappa shape index (κ3) is 28.6. The van der Waals surface area contributed by atoms with Crippen LogP contribution >= 0.6 is 11.6 Å². The van der Waals surface area contributed by atoms with Crippen molar-refractivity contribution in [3.05, 3.63) is 293 Å². The van der Waals surface area contributed by atoms with Crippen LogP contribution in [0.3, 0.4) is 0 Å². The molecule has 1 N–H and O–H groups in total. The van der Waals surface area contributed by atoms with Gasteiger partial charge in [0.25, 0.3) is 0 Å². The van der Waals surface area contributed by atoms with Gasteiger partial charge in [-0.2, -0.15) is 0 Å². The number of para-hydroxylation sites is 2. The second-order valence-corrected chi connectivity index (χ2v) is 36.5. The predicted molar refractivity (Wildman–Crippen MR) is 551 cm³/mol. The van der Waals surface area contributed by atoms with Crippen LogP contribution in [0.25, 0.3) is 0 Å². The van der Waals surface area contributed by atoms with Crippen molar-refractivity contribution in [2.24, 2.45) is 21.4 Å². The number of morpholine rings is 3. The van der Waals surface area contributed by atoms with Crippen molar-refractivity contribution < 1.29 is 81.4 Å². The van der Waals surface area contributed by atoms with Crippen molar-refractivity contribution in [1.82, 2.24) is 24.9 Å². The van der Waals surface area contributed by atoms with E-state index >= 15 is 0 Å². The van der Waals surface area contributed by atoms with Crippen molar-refractivity contribution in [2.75, 3.05) is 139 Å². The zero-order valence-electron chi connectivity index (χ0n) is 82.4. The molecule has 0 radical (unpaired) electrons. The van der Waals surface area contributed by atoms with Gasteiger partial charge in [0.2, 0.25) is 17.3 Å². The molecule has 0 aromatic heterocycles. The van der Waals surface area contributed by atoms with E-state index in [1.165, 1.54) is 19.6 Å². The molecule has 4 heterocycles. The van der Waals surface area contributed by atoms with Gasteiger partial charge in [-0.05, 0) is 293 Å². The van der Waals surface area contributed by atoms with Crippen LogP contribution in [0.15, 0.2) is 270 Å². The maximum absolute atomic E-state index is 13.7. The zero-order valence-corrected chi connectivity index (χ0v) is 83.2. The van der Waals surface area contributed by atoms with E-state index in [1.54, 1.807) is 66.8 Å². The van der Waals surface area contributed by atoms with E-state index in [0.29, 0.717) is 118 Å². The molecular formula is C112H128ClN11O17. The second kappa shape index (κ2) is 51.8. The van der Waals surface area contributed by atoms with Gasteiger partial charge in [-0.25, -0.2) is 14.4 Å². The number of anilines is 9. The molecule has 0 atom stereocenters. The number of carbonyl (C=O) groups excluding carboxylic acids is 10. The topological polar surface area (TPSA) is 307 Å². The summed E-state index contributed by atoms with van der Waals surface area (Å²) in [5.74, 6) is -3.09. The summed E-state index contributed by atoms with van der Waals surface area (Å²) < 4.78 is 21.2. The lowest BCUT2D eigenvalue weighted by atomic mass is 9.90. The van der Waals surface area contributed by atoms with E-state index in [1.807, 2.05) is 204 Å². The molecule has 0 amide bonds. The number of methoxy groups -OCH3 is 1. The number of carbonyl (C=O) groups is 10. The van der Waals surface area contributed by atoms with Crippen LogP contribution in [0.2, 0.25) is 0 Å². The highest BCUT2D eigenvalue weighted by Crippen LogP contribution is 2.41. The molecule has 4 aliphatic heterocycles. The van der Waals surface area contributed by atoms with Crippen LogP contribution in [0.4, 0.5) is 51.2 Å². The number of ether oxygens (including phenoxy) is 4. The number of oxime groups is 3. The number of esters is 1. The molecule has 0 saturated carbocycles. The normalized spacial score (nSPS) is 15.3. The number of piperidine rings is 1. The molecule has 141 heavy (non-hydrogen) atoms. The fourth-order valence-corrected chi connectivity index (χ4v) is 17.5. The maximum Gasteiger partial charge on any atom is 0.362 e. The van der Waals surface area contributed by atoms with Crippen molar-refractivity contribution in [3.8, 4) is 0 Å². The molecule has 9 aromatic rings. The summed E-state index contributed by atoms with van der Waals surface area (Å²) >= 11 is 5.66. The van der Waals surface area contributed by atoms with Crippen molar-refractivity contribution in [2.45, 2.75) is 137 Å². The van der Waals surface area contributed by atoms with Crippen molar-refractivity contribution in [1.29, 1.82) is 0 Å². The first-order valence-corrected chi connectivity index (χ1v) is 48.8. The maximum atomic E-state index is 13.7. The highest BCUT2D eigenvalue weighted by molar-refractivity contribution is 6.48. The van der Waals surface area contributed by atoms with Crippen LogP contribution in [0.1, 0.15) is 182 Å². The average molecular weight is 1940 g/mol. The Labute approximate surface area is 831 Å². The van der Waals surface area contributed by atoms with E-state index in [-0.39, 0.29) is 63.9 Å². The van der Waals surface area contributed by atoms with Gasteiger partial charge in [-0.15, -0.1) is 11.6 Å². The van der Waals surface area contributed by atoms with Gasteiger partial charge in [0, 0.05) is 155 Å². The average Bonchev–Trinajstić information content (AvgIpc) is 1.78.